The second-order valence-electron chi connectivity index (χ2n) is 8.83. The fraction of sp³-hybridized carbons (Fsp3) is 0.682. The third kappa shape index (κ3) is 4.29. The Hall–Kier alpha value is -1.39. The molecule has 4 nitrogen and oxygen atoms in total. The van der Waals surface area contributed by atoms with E-state index in [1.807, 2.05) is 18.2 Å². The molecular weight excluding hydrogens is 324 g/mol. The first kappa shape index (κ1) is 19.4. The minimum atomic E-state index is -0.687. The standard InChI is InChI=1S/C22H35N2O2/c1-22(19-11-7-6-8-12-19,23-15-9-4-5-10-16-23)21(25)26-20-13-17-24(2,3)18-14-20/h6-8,11-12,20H,4-5,9-10,13-18H2,1-3H3/q+1. The van der Waals surface area contributed by atoms with Crippen LogP contribution in [0.4, 0.5) is 0 Å². The lowest BCUT2D eigenvalue weighted by Gasteiger charge is -2.41. The first-order valence-electron chi connectivity index (χ1n) is 10.3. The van der Waals surface area contributed by atoms with E-state index in [4.69, 9.17) is 4.74 Å². The molecule has 144 valence electrons. The molecular formula is C22H35N2O2+. The van der Waals surface area contributed by atoms with Crippen LogP contribution in [0.1, 0.15) is 51.0 Å². The first-order valence-corrected chi connectivity index (χ1v) is 10.3. The molecule has 0 saturated carbocycles. The molecule has 2 heterocycles. The minimum absolute atomic E-state index is 0.0589. The molecule has 3 rings (SSSR count). The monoisotopic (exact) mass is 359 g/mol. The van der Waals surface area contributed by atoms with Gasteiger partial charge in [-0.1, -0.05) is 43.2 Å². The molecule has 1 aromatic rings. The van der Waals surface area contributed by atoms with Crippen molar-refractivity contribution in [2.75, 3.05) is 40.3 Å². The maximum absolute atomic E-state index is 13.4. The van der Waals surface area contributed by atoms with Crippen LogP contribution < -0.4 is 0 Å². The van der Waals surface area contributed by atoms with Crippen LogP contribution in [0.15, 0.2) is 30.3 Å². The Morgan fingerprint density at radius 1 is 1.04 bits per heavy atom. The Morgan fingerprint density at radius 2 is 1.62 bits per heavy atom. The lowest BCUT2D eigenvalue weighted by Crippen LogP contribution is -2.53. The van der Waals surface area contributed by atoms with Crippen molar-refractivity contribution in [1.29, 1.82) is 0 Å². The summed E-state index contributed by atoms with van der Waals surface area (Å²) in [5, 5.41) is 0. The van der Waals surface area contributed by atoms with Crippen LogP contribution >= 0.6 is 0 Å². The number of ether oxygens (including phenoxy) is 1. The SMILES string of the molecule is CC(C(=O)OC1CC[N+](C)(C)CC1)(c1ccccc1)N1CCCCCC1. The number of nitrogens with zero attached hydrogens (tertiary/aromatic N) is 2. The van der Waals surface area contributed by atoms with Crippen LogP contribution in [0, 0.1) is 0 Å². The number of hydrogen-bond acceptors (Lipinski definition) is 3. The van der Waals surface area contributed by atoms with Gasteiger partial charge in [-0.3, -0.25) is 4.90 Å². The zero-order chi connectivity index (χ0) is 18.6. The highest BCUT2D eigenvalue weighted by molar-refractivity contribution is 5.82. The first-order chi connectivity index (χ1) is 12.4. The highest BCUT2D eigenvalue weighted by atomic mass is 16.5. The molecule has 1 aromatic carbocycles. The van der Waals surface area contributed by atoms with Crippen LogP contribution in [0.3, 0.4) is 0 Å². The van der Waals surface area contributed by atoms with Gasteiger partial charge in [-0.2, -0.15) is 0 Å². The number of rotatable bonds is 4. The fourth-order valence-electron chi connectivity index (χ4n) is 4.34. The summed E-state index contributed by atoms with van der Waals surface area (Å²) < 4.78 is 7.13. The van der Waals surface area contributed by atoms with E-state index in [1.165, 1.54) is 12.8 Å². The van der Waals surface area contributed by atoms with Gasteiger partial charge >= 0.3 is 5.97 Å². The lowest BCUT2D eigenvalue weighted by molar-refractivity contribution is -0.896. The molecule has 0 radical (unpaired) electrons. The maximum atomic E-state index is 13.4. The van der Waals surface area contributed by atoms with Gasteiger partial charge in [0.05, 0.1) is 27.2 Å². The number of piperidine rings is 1. The van der Waals surface area contributed by atoms with Gasteiger partial charge < -0.3 is 9.22 Å². The second kappa shape index (κ2) is 8.10. The van der Waals surface area contributed by atoms with Crippen molar-refractivity contribution in [3.8, 4) is 0 Å². The quantitative estimate of drug-likeness (QED) is 0.608. The van der Waals surface area contributed by atoms with E-state index in [1.54, 1.807) is 0 Å². The minimum Gasteiger partial charge on any atom is -0.460 e. The molecule has 2 saturated heterocycles. The van der Waals surface area contributed by atoms with Gasteiger partial charge in [0.15, 0.2) is 0 Å². The van der Waals surface area contributed by atoms with Crippen molar-refractivity contribution in [3.63, 3.8) is 0 Å². The van der Waals surface area contributed by atoms with Crippen LogP contribution in [0.25, 0.3) is 0 Å². The molecule has 0 aliphatic carbocycles. The highest BCUT2D eigenvalue weighted by Crippen LogP contribution is 2.33. The molecule has 1 unspecified atom stereocenters. The Bertz CT molecular complexity index is 583. The van der Waals surface area contributed by atoms with Crippen LogP contribution in [-0.4, -0.2) is 61.7 Å². The van der Waals surface area contributed by atoms with Gasteiger partial charge in [0, 0.05) is 12.8 Å². The van der Waals surface area contributed by atoms with Crippen molar-refractivity contribution in [1.82, 2.24) is 4.90 Å². The van der Waals surface area contributed by atoms with Crippen molar-refractivity contribution < 1.29 is 14.0 Å². The summed E-state index contributed by atoms with van der Waals surface area (Å²) in [5.74, 6) is -0.0668. The van der Waals surface area contributed by atoms with Crippen LogP contribution in [0.5, 0.6) is 0 Å². The molecule has 2 aliphatic heterocycles. The largest absolute Gasteiger partial charge is 0.460 e. The second-order valence-corrected chi connectivity index (χ2v) is 8.83. The summed E-state index contributed by atoms with van der Waals surface area (Å²) in [6, 6.07) is 10.2. The number of hydrogen-bond donors (Lipinski definition) is 0. The highest BCUT2D eigenvalue weighted by Gasteiger charge is 2.44. The predicted molar refractivity (Wildman–Crippen MR) is 105 cm³/mol. The molecule has 0 bridgehead atoms. The number of quaternary nitrogens is 1. The molecule has 26 heavy (non-hydrogen) atoms. The topological polar surface area (TPSA) is 29.5 Å². The maximum Gasteiger partial charge on any atom is 0.331 e. The fourth-order valence-corrected chi connectivity index (χ4v) is 4.34. The third-order valence-electron chi connectivity index (χ3n) is 6.36. The summed E-state index contributed by atoms with van der Waals surface area (Å²) in [7, 11) is 4.51. The normalized spacial score (nSPS) is 24.4. The van der Waals surface area contributed by atoms with E-state index < -0.39 is 5.54 Å². The Kier molecular flexibility index (Phi) is 6.03. The Labute approximate surface area is 158 Å². The van der Waals surface area contributed by atoms with Gasteiger partial charge in [-0.05, 0) is 38.4 Å². The number of carbonyl (C=O) groups excluding carboxylic acids is 1. The van der Waals surface area contributed by atoms with Gasteiger partial charge in [0.1, 0.15) is 11.6 Å². The van der Waals surface area contributed by atoms with E-state index in [9.17, 15) is 4.79 Å². The summed E-state index contributed by atoms with van der Waals surface area (Å²) in [5.41, 5.74) is 0.367. The van der Waals surface area contributed by atoms with Gasteiger partial charge in [-0.15, -0.1) is 0 Å². The number of benzene rings is 1. The molecule has 0 aromatic heterocycles. The molecule has 0 amide bonds. The number of esters is 1. The van der Waals surface area contributed by atoms with Crippen molar-refractivity contribution in [2.24, 2.45) is 0 Å². The molecule has 4 heteroatoms. The van der Waals surface area contributed by atoms with Gasteiger partial charge in [-0.25, -0.2) is 4.79 Å². The van der Waals surface area contributed by atoms with Crippen LogP contribution in [0.2, 0.25) is 0 Å². The zero-order valence-corrected chi connectivity index (χ0v) is 16.7. The van der Waals surface area contributed by atoms with Gasteiger partial charge in [0.2, 0.25) is 0 Å². The average Bonchev–Trinajstić information content (AvgIpc) is 2.93. The Balaban J connectivity index is 1.80. The smallest absolute Gasteiger partial charge is 0.331 e. The van der Waals surface area contributed by atoms with E-state index in [0.717, 1.165) is 61.9 Å². The summed E-state index contributed by atoms with van der Waals surface area (Å²) in [4.78, 5) is 15.8. The summed E-state index contributed by atoms with van der Waals surface area (Å²) in [6.45, 7) is 6.15. The van der Waals surface area contributed by atoms with E-state index >= 15 is 0 Å². The molecule has 2 aliphatic rings. The zero-order valence-electron chi connectivity index (χ0n) is 16.7. The van der Waals surface area contributed by atoms with Crippen molar-refractivity contribution in [2.45, 2.75) is 57.1 Å². The van der Waals surface area contributed by atoms with E-state index in [-0.39, 0.29) is 12.1 Å². The van der Waals surface area contributed by atoms with Gasteiger partial charge in [0.25, 0.3) is 0 Å². The molecule has 2 fully saturated rings. The summed E-state index contributed by atoms with van der Waals surface area (Å²) >= 11 is 0. The summed E-state index contributed by atoms with van der Waals surface area (Å²) in [6.07, 6.45) is 6.81. The lowest BCUT2D eigenvalue weighted by atomic mass is 9.89. The predicted octanol–water partition coefficient (Wildman–Crippen LogP) is 3.56. The van der Waals surface area contributed by atoms with Crippen LogP contribution in [-0.2, 0) is 15.1 Å². The number of carbonyl (C=O) groups is 1. The number of likely N-dealkylation sites (tertiary alicyclic amines) is 2. The molecule has 1 atom stereocenters. The van der Waals surface area contributed by atoms with E-state index in [0.29, 0.717) is 0 Å². The molecule has 0 N–H and O–H groups in total. The average molecular weight is 360 g/mol. The Morgan fingerprint density at radius 3 is 2.19 bits per heavy atom. The third-order valence-corrected chi connectivity index (χ3v) is 6.36. The molecule has 0 spiro atoms. The van der Waals surface area contributed by atoms with Crippen molar-refractivity contribution >= 4 is 5.97 Å². The van der Waals surface area contributed by atoms with E-state index in [2.05, 4.69) is 38.1 Å². The van der Waals surface area contributed by atoms with Crippen molar-refractivity contribution in [3.05, 3.63) is 35.9 Å².